The van der Waals surface area contributed by atoms with Crippen LogP contribution in [0.2, 0.25) is 0 Å². The Labute approximate surface area is 110 Å². The molecule has 0 aliphatic carbocycles. The Kier molecular flexibility index (Phi) is 3.79. The summed E-state index contributed by atoms with van der Waals surface area (Å²) in [6, 6.07) is 5.95. The van der Waals surface area contributed by atoms with Gasteiger partial charge in [0.05, 0.1) is 7.11 Å². The lowest BCUT2D eigenvalue weighted by atomic mass is 10.2. The molecule has 0 bridgehead atoms. The molecule has 0 radical (unpaired) electrons. The normalized spacial score (nSPS) is 10.3. The van der Waals surface area contributed by atoms with Gasteiger partial charge in [-0.05, 0) is 17.7 Å². The van der Waals surface area contributed by atoms with Crippen LogP contribution in [0.1, 0.15) is 15.9 Å². The number of rotatable bonds is 4. The minimum Gasteiger partial charge on any atom is -0.479 e. The zero-order valence-electron chi connectivity index (χ0n) is 10.7. The quantitative estimate of drug-likeness (QED) is 0.909. The number of ether oxygens (including phenoxy) is 1. The van der Waals surface area contributed by atoms with Crippen LogP contribution in [0.15, 0.2) is 30.5 Å². The van der Waals surface area contributed by atoms with E-state index in [0.29, 0.717) is 12.1 Å². The zero-order chi connectivity index (χ0) is 13.8. The smallest absolute Gasteiger partial charge is 0.258 e. The van der Waals surface area contributed by atoms with E-state index in [4.69, 9.17) is 4.74 Å². The molecule has 5 nitrogen and oxygen atoms in total. The molecule has 2 rings (SSSR count). The Morgan fingerprint density at radius 1 is 1.42 bits per heavy atom. The Bertz CT molecular complexity index is 578. The van der Waals surface area contributed by atoms with Crippen molar-refractivity contribution < 1.29 is 13.9 Å². The van der Waals surface area contributed by atoms with E-state index in [1.807, 2.05) is 0 Å². The lowest BCUT2D eigenvalue weighted by molar-refractivity contribution is 0.0948. The van der Waals surface area contributed by atoms with Crippen LogP contribution in [0.5, 0.6) is 5.88 Å². The van der Waals surface area contributed by atoms with Crippen molar-refractivity contribution in [2.75, 3.05) is 7.11 Å². The van der Waals surface area contributed by atoms with E-state index in [0.717, 1.165) is 5.56 Å². The van der Waals surface area contributed by atoms with E-state index < -0.39 is 0 Å². The summed E-state index contributed by atoms with van der Waals surface area (Å²) >= 11 is 0. The van der Waals surface area contributed by atoms with Crippen LogP contribution in [0.25, 0.3) is 0 Å². The first-order chi connectivity index (χ1) is 9.10. The molecule has 100 valence electrons. The molecule has 0 aliphatic heterocycles. The summed E-state index contributed by atoms with van der Waals surface area (Å²) in [7, 11) is 3.17. The van der Waals surface area contributed by atoms with Gasteiger partial charge in [0.1, 0.15) is 11.4 Å². The van der Waals surface area contributed by atoms with E-state index in [2.05, 4.69) is 10.4 Å². The summed E-state index contributed by atoms with van der Waals surface area (Å²) < 4.78 is 19.3. The number of amides is 1. The van der Waals surface area contributed by atoms with E-state index in [1.54, 1.807) is 25.4 Å². The van der Waals surface area contributed by atoms with Crippen LogP contribution in [-0.4, -0.2) is 22.8 Å². The zero-order valence-corrected chi connectivity index (χ0v) is 10.7. The summed E-state index contributed by atoms with van der Waals surface area (Å²) in [6.07, 6.45) is 1.58. The van der Waals surface area contributed by atoms with Gasteiger partial charge in [-0.1, -0.05) is 12.1 Å². The molecule has 1 aromatic heterocycles. The number of methoxy groups -OCH3 is 1. The molecule has 0 saturated carbocycles. The Morgan fingerprint density at radius 2 is 2.11 bits per heavy atom. The van der Waals surface area contributed by atoms with Gasteiger partial charge in [0.15, 0.2) is 0 Å². The predicted octanol–water partition coefficient (Wildman–Crippen LogP) is 1.50. The molecule has 0 unspecified atom stereocenters. The van der Waals surface area contributed by atoms with Gasteiger partial charge in [0.2, 0.25) is 5.88 Å². The van der Waals surface area contributed by atoms with Gasteiger partial charge in [-0.2, -0.15) is 0 Å². The van der Waals surface area contributed by atoms with Gasteiger partial charge in [-0.15, -0.1) is 5.10 Å². The van der Waals surface area contributed by atoms with E-state index in [1.165, 1.54) is 23.9 Å². The predicted molar refractivity (Wildman–Crippen MR) is 67.3 cm³/mol. The highest BCUT2D eigenvalue weighted by molar-refractivity contribution is 5.96. The van der Waals surface area contributed by atoms with Crippen LogP contribution in [0.4, 0.5) is 4.39 Å². The second kappa shape index (κ2) is 5.51. The maximum atomic E-state index is 12.7. The second-order valence-electron chi connectivity index (χ2n) is 4.03. The van der Waals surface area contributed by atoms with Gasteiger partial charge < -0.3 is 10.1 Å². The highest BCUT2D eigenvalue weighted by Gasteiger charge is 2.15. The van der Waals surface area contributed by atoms with Gasteiger partial charge in [-0.25, -0.2) is 4.39 Å². The Morgan fingerprint density at radius 3 is 2.74 bits per heavy atom. The molecule has 0 saturated heterocycles. The van der Waals surface area contributed by atoms with Gasteiger partial charge in [0.25, 0.3) is 5.91 Å². The number of aromatic nitrogens is 2. The molecule has 1 aromatic carbocycles. The number of nitrogens with one attached hydrogen (secondary N) is 1. The summed E-state index contributed by atoms with van der Waals surface area (Å²) in [5.41, 5.74) is 1.18. The molecule has 0 fully saturated rings. The molecule has 19 heavy (non-hydrogen) atoms. The number of nitrogens with zero attached hydrogens (tertiary/aromatic N) is 2. The minimum absolute atomic E-state index is 0.277. The molecule has 1 N–H and O–H groups in total. The van der Waals surface area contributed by atoms with Gasteiger partial charge >= 0.3 is 0 Å². The van der Waals surface area contributed by atoms with Gasteiger partial charge in [0, 0.05) is 19.8 Å². The Hall–Kier alpha value is -2.37. The number of halogens is 1. The minimum atomic E-state index is -0.302. The molecular formula is C13H14FN3O2. The van der Waals surface area contributed by atoms with Crippen molar-refractivity contribution in [1.29, 1.82) is 0 Å². The molecule has 0 aliphatic rings. The van der Waals surface area contributed by atoms with E-state index in [9.17, 15) is 9.18 Å². The lowest BCUT2D eigenvalue weighted by Crippen LogP contribution is -2.22. The number of aryl methyl sites for hydroxylation is 1. The van der Waals surface area contributed by atoms with Crippen LogP contribution in [0, 0.1) is 5.82 Å². The topological polar surface area (TPSA) is 56.2 Å². The fourth-order valence-electron chi connectivity index (χ4n) is 1.65. The summed E-state index contributed by atoms with van der Waals surface area (Å²) in [4.78, 5) is 12.0. The Balaban J connectivity index is 2.03. The van der Waals surface area contributed by atoms with Crippen molar-refractivity contribution in [1.82, 2.24) is 15.1 Å². The molecule has 2 aromatic rings. The molecule has 1 amide bonds. The largest absolute Gasteiger partial charge is 0.479 e. The average molecular weight is 263 g/mol. The maximum absolute atomic E-state index is 12.7. The summed E-state index contributed by atoms with van der Waals surface area (Å²) in [5.74, 6) is -0.308. The molecule has 6 heteroatoms. The molecule has 1 heterocycles. The van der Waals surface area contributed by atoms with Gasteiger partial charge in [-0.3, -0.25) is 9.48 Å². The standard InChI is InChI=1S/C13H14FN3O2/c1-17-8-11(13(16-17)19-2)12(18)15-7-9-3-5-10(14)6-4-9/h3-6,8H,7H2,1-2H3,(H,15,18). The lowest BCUT2D eigenvalue weighted by Gasteiger charge is -2.04. The number of benzene rings is 1. The summed E-state index contributed by atoms with van der Waals surface area (Å²) in [5, 5.41) is 6.73. The van der Waals surface area contributed by atoms with Crippen molar-refractivity contribution in [2.45, 2.75) is 6.54 Å². The van der Waals surface area contributed by atoms with Crippen molar-refractivity contribution in [3.63, 3.8) is 0 Å². The first-order valence-corrected chi connectivity index (χ1v) is 5.70. The average Bonchev–Trinajstić information content (AvgIpc) is 2.79. The maximum Gasteiger partial charge on any atom is 0.258 e. The summed E-state index contributed by atoms with van der Waals surface area (Å²) in [6.45, 7) is 0.317. The number of carbonyl (C=O) groups excluding carboxylic acids is 1. The van der Waals surface area contributed by atoms with E-state index >= 15 is 0 Å². The molecule has 0 spiro atoms. The first kappa shape index (κ1) is 13.1. The van der Waals surface area contributed by atoms with Crippen LogP contribution >= 0.6 is 0 Å². The van der Waals surface area contributed by atoms with E-state index in [-0.39, 0.29) is 17.6 Å². The van der Waals surface area contributed by atoms with Crippen molar-refractivity contribution >= 4 is 5.91 Å². The van der Waals surface area contributed by atoms with Crippen LogP contribution in [0.3, 0.4) is 0 Å². The third-order valence-electron chi connectivity index (χ3n) is 2.60. The fourth-order valence-corrected chi connectivity index (χ4v) is 1.65. The molecule has 0 atom stereocenters. The second-order valence-corrected chi connectivity index (χ2v) is 4.03. The highest BCUT2D eigenvalue weighted by atomic mass is 19.1. The third kappa shape index (κ3) is 3.09. The third-order valence-corrected chi connectivity index (χ3v) is 2.60. The van der Waals surface area contributed by atoms with Crippen molar-refractivity contribution in [3.05, 3.63) is 47.4 Å². The van der Waals surface area contributed by atoms with Crippen LogP contribution in [-0.2, 0) is 13.6 Å². The fraction of sp³-hybridized carbons (Fsp3) is 0.231. The number of hydrogen-bond donors (Lipinski definition) is 1. The van der Waals surface area contributed by atoms with Crippen molar-refractivity contribution in [3.8, 4) is 5.88 Å². The van der Waals surface area contributed by atoms with Crippen molar-refractivity contribution in [2.24, 2.45) is 7.05 Å². The number of carbonyl (C=O) groups is 1. The highest BCUT2D eigenvalue weighted by Crippen LogP contribution is 2.14. The molecular weight excluding hydrogens is 249 g/mol. The number of hydrogen-bond acceptors (Lipinski definition) is 3. The monoisotopic (exact) mass is 263 g/mol. The first-order valence-electron chi connectivity index (χ1n) is 5.70. The SMILES string of the molecule is COc1nn(C)cc1C(=O)NCc1ccc(F)cc1. The van der Waals surface area contributed by atoms with Crippen LogP contribution < -0.4 is 10.1 Å².